The summed E-state index contributed by atoms with van der Waals surface area (Å²) in [4.78, 5) is 13.3. The normalized spacial score (nSPS) is 18.8. The number of piperazine rings is 1. The topological polar surface area (TPSA) is 90.9 Å². The van der Waals surface area contributed by atoms with Gasteiger partial charge in [0.25, 0.3) is 0 Å². The zero-order valence-corrected chi connectivity index (χ0v) is 13.0. The highest BCUT2D eigenvalue weighted by molar-refractivity contribution is 5.85. The molecule has 0 amide bonds. The average molecular weight is 292 g/mol. The highest BCUT2D eigenvalue weighted by Crippen LogP contribution is 2.17. The number of rotatable bonds is 4. The molecular weight excluding hydrogens is 268 g/mol. The summed E-state index contributed by atoms with van der Waals surface area (Å²) in [6, 6.07) is 2.02. The minimum Gasteiger partial charge on any atom is -0.409 e. The van der Waals surface area contributed by atoms with Crippen molar-refractivity contribution in [2.45, 2.75) is 33.2 Å². The van der Waals surface area contributed by atoms with Gasteiger partial charge in [0, 0.05) is 37.9 Å². The van der Waals surface area contributed by atoms with Crippen molar-refractivity contribution >= 4 is 11.7 Å². The summed E-state index contributed by atoms with van der Waals surface area (Å²) in [5, 5.41) is 12.0. The van der Waals surface area contributed by atoms with Crippen molar-refractivity contribution in [2.75, 3.05) is 31.1 Å². The smallest absolute Gasteiger partial charge is 0.156 e. The Morgan fingerprint density at radius 2 is 2.00 bits per heavy atom. The number of oxime groups is 1. The maximum atomic E-state index is 8.87. The van der Waals surface area contributed by atoms with Gasteiger partial charge in [0.05, 0.1) is 6.04 Å². The first-order valence-corrected chi connectivity index (χ1v) is 7.33. The molecule has 0 radical (unpaired) electrons. The summed E-state index contributed by atoms with van der Waals surface area (Å²) in [7, 11) is 0. The number of anilines is 1. The van der Waals surface area contributed by atoms with Gasteiger partial charge in [-0.1, -0.05) is 12.1 Å². The first kappa shape index (κ1) is 15.5. The monoisotopic (exact) mass is 292 g/mol. The molecule has 1 atom stereocenters. The molecule has 2 rings (SSSR count). The molecule has 0 aliphatic carbocycles. The Kier molecular flexibility index (Phi) is 4.95. The van der Waals surface area contributed by atoms with Gasteiger partial charge in [0.2, 0.25) is 0 Å². The first-order chi connectivity index (χ1) is 10.0. The number of aromatic nitrogens is 2. The number of nitrogens with zero attached hydrogens (tertiary/aromatic N) is 5. The van der Waals surface area contributed by atoms with E-state index < -0.39 is 0 Å². The van der Waals surface area contributed by atoms with Gasteiger partial charge in [-0.15, -0.1) is 0 Å². The minimum atomic E-state index is 0.00558. The van der Waals surface area contributed by atoms with E-state index in [9.17, 15) is 0 Å². The lowest BCUT2D eigenvalue weighted by molar-refractivity contribution is 0.215. The molecule has 0 aromatic carbocycles. The lowest BCUT2D eigenvalue weighted by Gasteiger charge is -2.39. The molecule has 1 aromatic rings. The lowest BCUT2D eigenvalue weighted by Crippen LogP contribution is -2.54. The Morgan fingerprint density at radius 1 is 1.33 bits per heavy atom. The van der Waals surface area contributed by atoms with E-state index in [4.69, 9.17) is 10.9 Å². The molecule has 3 N–H and O–H groups in total. The molecule has 1 aliphatic heterocycles. The van der Waals surface area contributed by atoms with Crippen molar-refractivity contribution in [3.05, 3.63) is 17.6 Å². The number of hydrogen-bond donors (Lipinski definition) is 2. The summed E-state index contributed by atoms with van der Waals surface area (Å²) < 4.78 is 0. The van der Waals surface area contributed by atoms with Crippen LogP contribution in [-0.4, -0.2) is 58.1 Å². The van der Waals surface area contributed by atoms with Crippen LogP contribution in [0.2, 0.25) is 0 Å². The van der Waals surface area contributed by atoms with Crippen LogP contribution in [0.25, 0.3) is 0 Å². The van der Waals surface area contributed by atoms with Crippen LogP contribution in [0.5, 0.6) is 0 Å². The highest BCUT2D eigenvalue weighted by Gasteiger charge is 2.26. The molecule has 1 fully saturated rings. The van der Waals surface area contributed by atoms with E-state index in [1.165, 1.54) is 0 Å². The van der Waals surface area contributed by atoms with Crippen LogP contribution >= 0.6 is 0 Å². The highest BCUT2D eigenvalue weighted by atomic mass is 16.4. The van der Waals surface area contributed by atoms with Gasteiger partial charge in [-0.2, -0.15) is 0 Å². The van der Waals surface area contributed by atoms with E-state index in [1.54, 1.807) is 0 Å². The standard InChI is InChI=1S/C14H24N6O/c1-4-12(14(15)18-21)19-5-7-20(8-6-19)13-9-10(2)16-11(3)17-13/h9,12,21H,4-8H2,1-3H3,(H2,15,18). The zero-order valence-electron chi connectivity index (χ0n) is 13.0. The van der Waals surface area contributed by atoms with Gasteiger partial charge in [-0.3, -0.25) is 4.90 Å². The third-order valence-electron chi connectivity index (χ3n) is 3.88. The molecule has 0 bridgehead atoms. The van der Waals surface area contributed by atoms with Gasteiger partial charge in [0.1, 0.15) is 11.6 Å². The van der Waals surface area contributed by atoms with E-state index in [1.807, 2.05) is 26.8 Å². The predicted molar refractivity (Wildman–Crippen MR) is 82.8 cm³/mol. The van der Waals surface area contributed by atoms with Gasteiger partial charge in [-0.05, 0) is 20.3 Å². The predicted octanol–water partition coefficient (Wildman–Crippen LogP) is 0.740. The van der Waals surface area contributed by atoms with Crippen molar-refractivity contribution in [1.82, 2.24) is 14.9 Å². The van der Waals surface area contributed by atoms with Crippen molar-refractivity contribution in [3.8, 4) is 0 Å². The van der Waals surface area contributed by atoms with E-state index in [0.29, 0.717) is 5.84 Å². The Hall–Kier alpha value is -1.89. The fraction of sp³-hybridized carbons (Fsp3) is 0.643. The van der Waals surface area contributed by atoms with Crippen LogP contribution in [-0.2, 0) is 0 Å². The second-order valence-corrected chi connectivity index (χ2v) is 5.39. The summed E-state index contributed by atoms with van der Waals surface area (Å²) in [6.45, 7) is 9.45. The summed E-state index contributed by atoms with van der Waals surface area (Å²) in [6.07, 6.45) is 0.835. The second kappa shape index (κ2) is 6.71. The molecule has 116 valence electrons. The van der Waals surface area contributed by atoms with Crippen molar-refractivity contribution in [1.29, 1.82) is 0 Å². The van der Waals surface area contributed by atoms with Crippen LogP contribution in [0.15, 0.2) is 11.2 Å². The van der Waals surface area contributed by atoms with Gasteiger partial charge in [0.15, 0.2) is 5.84 Å². The quantitative estimate of drug-likeness (QED) is 0.368. The average Bonchev–Trinajstić information content (AvgIpc) is 2.47. The molecule has 7 heteroatoms. The minimum absolute atomic E-state index is 0.00558. The maximum absolute atomic E-state index is 8.87. The Labute approximate surface area is 125 Å². The molecule has 1 saturated heterocycles. The molecule has 0 spiro atoms. The van der Waals surface area contributed by atoms with Crippen LogP contribution in [0.1, 0.15) is 24.9 Å². The number of amidine groups is 1. The molecule has 1 unspecified atom stereocenters. The molecule has 0 saturated carbocycles. The lowest BCUT2D eigenvalue weighted by atomic mass is 10.1. The fourth-order valence-corrected chi connectivity index (χ4v) is 2.84. The number of aryl methyl sites for hydroxylation is 2. The molecule has 1 aromatic heterocycles. The first-order valence-electron chi connectivity index (χ1n) is 7.33. The Balaban J connectivity index is 2.02. The SMILES string of the molecule is CCC(C(N)=NO)N1CCN(c2cc(C)nc(C)n2)CC1. The largest absolute Gasteiger partial charge is 0.409 e. The zero-order chi connectivity index (χ0) is 15.4. The molecular formula is C14H24N6O. The van der Waals surface area contributed by atoms with E-state index in [2.05, 4.69) is 24.9 Å². The second-order valence-electron chi connectivity index (χ2n) is 5.39. The Bertz CT molecular complexity index is 490. The van der Waals surface area contributed by atoms with Crippen molar-refractivity contribution in [3.63, 3.8) is 0 Å². The van der Waals surface area contributed by atoms with Crippen LogP contribution in [0.4, 0.5) is 5.82 Å². The van der Waals surface area contributed by atoms with Gasteiger partial charge >= 0.3 is 0 Å². The molecule has 21 heavy (non-hydrogen) atoms. The Morgan fingerprint density at radius 3 is 2.52 bits per heavy atom. The third kappa shape index (κ3) is 3.60. The maximum Gasteiger partial charge on any atom is 0.156 e. The number of nitrogens with two attached hydrogens (primary N) is 1. The van der Waals surface area contributed by atoms with Crippen LogP contribution in [0, 0.1) is 13.8 Å². The summed E-state index contributed by atoms with van der Waals surface area (Å²) >= 11 is 0. The van der Waals surface area contributed by atoms with Crippen LogP contribution in [0.3, 0.4) is 0 Å². The summed E-state index contributed by atoms with van der Waals surface area (Å²) in [5.41, 5.74) is 6.76. The molecule has 1 aliphatic rings. The van der Waals surface area contributed by atoms with E-state index in [-0.39, 0.29) is 6.04 Å². The van der Waals surface area contributed by atoms with Crippen molar-refractivity contribution in [2.24, 2.45) is 10.9 Å². The van der Waals surface area contributed by atoms with Gasteiger partial charge in [-0.25, -0.2) is 9.97 Å². The van der Waals surface area contributed by atoms with Gasteiger partial charge < -0.3 is 15.8 Å². The van der Waals surface area contributed by atoms with Crippen molar-refractivity contribution < 1.29 is 5.21 Å². The molecule has 2 heterocycles. The van der Waals surface area contributed by atoms with E-state index >= 15 is 0 Å². The van der Waals surface area contributed by atoms with E-state index in [0.717, 1.165) is 49.9 Å². The third-order valence-corrected chi connectivity index (χ3v) is 3.88. The molecule has 7 nitrogen and oxygen atoms in total. The fourth-order valence-electron chi connectivity index (χ4n) is 2.84. The van der Waals surface area contributed by atoms with Crippen LogP contribution < -0.4 is 10.6 Å². The summed E-state index contributed by atoms with van der Waals surface area (Å²) in [5.74, 6) is 2.08. The number of hydrogen-bond acceptors (Lipinski definition) is 6.